The van der Waals surface area contributed by atoms with Crippen molar-refractivity contribution in [2.75, 3.05) is 0 Å². The highest BCUT2D eigenvalue weighted by Gasteiger charge is 2.25. The average Bonchev–Trinajstić information content (AvgIpc) is 3.95. The standard InChI is InChI=1S/C63H41N5/c1-5-19-42(20-6-1)43-33-35-47(36-34-43)62-64-61(46-25-11-4-12-26-46)65-63(66-62)68-57-32-18-16-30-52(57)54-39-38-53-51-29-15-17-31-56(51)67(59(53)60(54)68)58-40-37-48(41-55(58)45-23-9-3-10-24-45)50-28-14-13-27-49(50)44-21-7-2-8-22-44/h1-41H. The molecule has 0 radical (unpaired) electrons. The van der Waals surface area contributed by atoms with Crippen molar-refractivity contribution >= 4 is 43.6 Å². The summed E-state index contributed by atoms with van der Waals surface area (Å²) < 4.78 is 4.74. The van der Waals surface area contributed by atoms with Crippen LogP contribution in [0.1, 0.15) is 0 Å². The Morgan fingerprint density at radius 1 is 0.250 bits per heavy atom. The molecule has 5 heteroatoms. The van der Waals surface area contributed by atoms with E-state index >= 15 is 0 Å². The molecular formula is C63H41N5. The van der Waals surface area contributed by atoms with Crippen molar-refractivity contribution in [3.8, 4) is 78.9 Å². The van der Waals surface area contributed by atoms with Crippen LogP contribution in [0.25, 0.3) is 123 Å². The highest BCUT2D eigenvalue weighted by atomic mass is 15.2. The molecule has 0 atom stereocenters. The van der Waals surface area contributed by atoms with E-state index in [1.54, 1.807) is 0 Å². The first-order chi connectivity index (χ1) is 33.7. The van der Waals surface area contributed by atoms with Gasteiger partial charge in [-0.2, -0.15) is 9.97 Å². The van der Waals surface area contributed by atoms with E-state index in [2.05, 4.69) is 234 Å². The van der Waals surface area contributed by atoms with Crippen molar-refractivity contribution < 1.29 is 0 Å². The van der Waals surface area contributed by atoms with Crippen LogP contribution < -0.4 is 0 Å². The molecule has 68 heavy (non-hydrogen) atoms. The van der Waals surface area contributed by atoms with Crippen LogP contribution in [-0.2, 0) is 0 Å². The highest BCUT2D eigenvalue weighted by molar-refractivity contribution is 6.24. The summed E-state index contributed by atoms with van der Waals surface area (Å²) in [5.41, 5.74) is 16.4. The molecule has 13 rings (SSSR count). The average molecular weight is 868 g/mol. The molecule has 0 saturated carbocycles. The molecule has 5 nitrogen and oxygen atoms in total. The number of rotatable bonds is 8. The molecule has 0 bridgehead atoms. The molecule has 3 aromatic heterocycles. The largest absolute Gasteiger partial charge is 0.307 e. The van der Waals surface area contributed by atoms with Crippen LogP contribution in [0.15, 0.2) is 249 Å². The van der Waals surface area contributed by atoms with Gasteiger partial charge in [-0.25, -0.2) is 4.98 Å². The van der Waals surface area contributed by atoms with Gasteiger partial charge >= 0.3 is 0 Å². The van der Waals surface area contributed by atoms with E-state index in [4.69, 9.17) is 15.0 Å². The Morgan fingerprint density at radius 2 is 0.647 bits per heavy atom. The van der Waals surface area contributed by atoms with Crippen molar-refractivity contribution in [2.45, 2.75) is 0 Å². The van der Waals surface area contributed by atoms with Gasteiger partial charge in [0.05, 0.1) is 27.8 Å². The quantitative estimate of drug-likeness (QED) is 0.153. The van der Waals surface area contributed by atoms with Gasteiger partial charge in [-0.3, -0.25) is 4.57 Å². The summed E-state index contributed by atoms with van der Waals surface area (Å²) in [7, 11) is 0. The predicted octanol–water partition coefficient (Wildman–Crippen LogP) is 16.1. The van der Waals surface area contributed by atoms with E-state index in [0.717, 1.165) is 82.9 Å². The van der Waals surface area contributed by atoms with Gasteiger partial charge in [-0.15, -0.1) is 0 Å². The third-order valence-corrected chi connectivity index (χ3v) is 13.2. The van der Waals surface area contributed by atoms with Crippen LogP contribution in [0.5, 0.6) is 0 Å². The lowest BCUT2D eigenvalue weighted by molar-refractivity contribution is 0.953. The topological polar surface area (TPSA) is 48.5 Å². The minimum absolute atomic E-state index is 0.549. The SMILES string of the molecule is c1ccc(-c2ccc(-c3nc(-c4ccccc4)nc(-n4c5ccccc5c5ccc6c7ccccc7n(-c7ccc(-c8ccccc8-c8ccccc8)cc7-c7ccccc7)c6c54)n3)cc2)cc1. The molecule has 0 saturated heterocycles. The van der Waals surface area contributed by atoms with Crippen LogP contribution in [0.4, 0.5) is 0 Å². The van der Waals surface area contributed by atoms with Gasteiger partial charge in [0.1, 0.15) is 0 Å². The Hall–Kier alpha value is -9.19. The molecule has 0 unspecified atom stereocenters. The molecule has 0 spiro atoms. The van der Waals surface area contributed by atoms with Gasteiger partial charge in [0, 0.05) is 38.2 Å². The van der Waals surface area contributed by atoms with Gasteiger partial charge in [0.25, 0.3) is 0 Å². The fourth-order valence-corrected chi connectivity index (χ4v) is 10.1. The molecule has 13 aromatic rings. The molecule has 10 aromatic carbocycles. The van der Waals surface area contributed by atoms with Gasteiger partial charge in [0.2, 0.25) is 5.95 Å². The Labute approximate surface area is 393 Å². The first-order valence-electron chi connectivity index (χ1n) is 23.0. The highest BCUT2D eigenvalue weighted by Crippen LogP contribution is 2.44. The third-order valence-electron chi connectivity index (χ3n) is 13.2. The number of hydrogen-bond donors (Lipinski definition) is 0. The van der Waals surface area contributed by atoms with Gasteiger partial charge in [0.15, 0.2) is 11.6 Å². The minimum Gasteiger partial charge on any atom is -0.307 e. The number of para-hydroxylation sites is 2. The van der Waals surface area contributed by atoms with E-state index in [9.17, 15) is 0 Å². The predicted molar refractivity (Wildman–Crippen MR) is 281 cm³/mol. The maximum absolute atomic E-state index is 5.41. The van der Waals surface area contributed by atoms with Gasteiger partial charge in [-0.05, 0) is 63.2 Å². The second kappa shape index (κ2) is 16.4. The fourth-order valence-electron chi connectivity index (χ4n) is 10.1. The van der Waals surface area contributed by atoms with Crippen molar-refractivity contribution in [1.82, 2.24) is 24.1 Å². The van der Waals surface area contributed by atoms with Crippen LogP contribution in [0, 0.1) is 0 Å². The Balaban J connectivity index is 1.10. The summed E-state index contributed by atoms with van der Waals surface area (Å²) in [4.78, 5) is 16.0. The number of hydrogen-bond acceptors (Lipinski definition) is 3. The van der Waals surface area contributed by atoms with E-state index in [1.165, 1.54) is 22.1 Å². The monoisotopic (exact) mass is 867 g/mol. The number of fused-ring (bicyclic) bond motifs is 7. The lowest BCUT2D eigenvalue weighted by Crippen LogP contribution is -2.07. The molecule has 0 aliphatic rings. The molecule has 0 aliphatic carbocycles. The summed E-state index contributed by atoms with van der Waals surface area (Å²) in [5, 5.41) is 4.54. The number of benzene rings is 10. The van der Waals surface area contributed by atoms with Crippen molar-refractivity contribution in [2.24, 2.45) is 0 Å². The zero-order chi connectivity index (χ0) is 45.0. The smallest absolute Gasteiger partial charge is 0.238 e. The number of nitrogens with zero attached hydrogens (tertiary/aromatic N) is 5. The molecule has 0 N–H and O–H groups in total. The molecule has 0 fully saturated rings. The first kappa shape index (κ1) is 39.2. The summed E-state index contributed by atoms with van der Waals surface area (Å²) in [6.07, 6.45) is 0. The summed E-state index contributed by atoms with van der Waals surface area (Å²) >= 11 is 0. The molecular weight excluding hydrogens is 827 g/mol. The second-order valence-electron chi connectivity index (χ2n) is 17.2. The van der Waals surface area contributed by atoms with Gasteiger partial charge < -0.3 is 4.57 Å². The van der Waals surface area contributed by atoms with E-state index < -0.39 is 0 Å². The zero-order valence-electron chi connectivity index (χ0n) is 36.9. The Bertz CT molecular complexity index is 3990. The van der Waals surface area contributed by atoms with E-state index in [1.807, 2.05) is 24.3 Å². The van der Waals surface area contributed by atoms with Crippen LogP contribution in [0.2, 0.25) is 0 Å². The van der Waals surface area contributed by atoms with E-state index in [0.29, 0.717) is 17.6 Å². The lowest BCUT2D eigenvalue weighted by atomic mass is 9.92. The number of aromatic nitrogens is 5. The summed E-state index contributed by atoms with van der Waals surface area (Å²) in [6, 6.07) is 88.3. The van der Waals surface area contributed by atoms with Crippen molar-refractivity contribution in [3.63, 3.8) is 0 Å². The van der Waals surface area contributed by atoms with Crippen molar-refractivity contribution in [1.29, 1.82) is 0 Å². The maximum Gasteiger partial charge on any atom is 0.238 e. The lowest BCUT2D eigenvalue weighted by Gasteiger charge is -2.18. The summed E-state index contributed by atoms with van der Waals surface area (Å²) in [6.45, 7) is 0. The second-order valence-corrected chi connectivity index (χ2v) is 17.2. The van der Waals surface area contributed by atoms with Gasteiger partial charge in [-0.1, -0.05) is 224 Å². The Kier molecular flexibility index (Phi) is 9.43. The fraction of sp³-hybridized carbons (Fsp3) is 0. The molecule has 3 heterocycles. The van der Waals surface area contributed by atoms with Crippen LogP contribution >= 0.6 is 0 Å². The van der Waals surface area contributed by atoms with Crippen molar-refractivity contribution in [3.05, 3.63) is 249 Å². The normalized spacial score (nSPS) is 11.5. The van der Waals surface area contributed by atoms with E-state index in [-0.39, 0.29) is 0 Å². The van der Waals surface area contributed by atoms with Crippen LogP contribution in [0.3, 0.4) is 0 Å². The zero-order valence-corrected chi connectivity index (χ0v) is 36.9. The molecule has 0 aliphatic heterocycles. The van der Waals surface area contributed by atoms with Crippen LogP contribution in [-0.4, -0.2) is 24.1 Å². The maximum atomic E-state index is 5.41. The molecule has 318 valence electrons. The third kappa shape index (κ3) is 6.59. The Morgan fingerprint density at radius 3 is 1.24 bits per heavy atom. The summed E-state index contributed by atoms with van der Waals surface area (Å²) in [5.74, 6) is 1.76. The molecule has 0 amide bonds. The first-order valence-corrected chi connectivity index (χ1v) is 23.0. The minimum atomic E-state index is 0.549.